The van der Waals surface area contributed by atoms with Crippen molar-refractivity contribution in [1.82, 2.24) is 15.3 Å². The molecule has 1 aliphatic carbocycles. The van der Waals surface area contributed by atoms with E-state index in [1.807, 2.05) is 24.3 Å². The minimum absolute atomic E-state index is 0.100. The van der Waals surface area contributed by atoms with Crippen LogP contribution in [0.25, 0.3) is 11.0 Å². The molecule has 0 saturated heterocycles. The molecule has 0 fully saturated rings. The average Bonchev–Trinajstić information content (AvgIpc) is 3.07. The Kier molecular flexibility index (Phi) is 4.51. The normalized spacial score (nSPS) is 16.6. The number of nitrogens with zero attached hydrogens (tertiary/aromatic N) is 1. The Morgan fingerprint density at radius 3 is 2.92 bits per heavy atom. The smallest absolute Gasteiger partial charge is 0.220 e. The minimum Gasteiger partial charge on any atom is -0.355 e. The maximum atomic E-state index is 12.2. The molecule has 1 aliphatic rings. The molecule has 0 radical (unpaired) electrons. The number of imidazole rings is 1. The second-order valence-corrected chi connectivity index (χ2v) is 6.79. The van der Waals surface area contributed by atoms with Gasteiger partial charge in [-0.1, -0.05) is 36.4 Å². The highest BCUT2D eigenvalue weighted by atomic mass is 16.1. The van der Waals surface area contributed by atoms with Gasteiger partial charge in [-0.25, -0.2) is 4.98 Å². The van der Waals surface area contributed by atoms with Crippen molar-refractivity contribution in [2.24, 2.45) is 0 Å². The number of benzene rings is 2. The van der Waals surface area contributed by atoms with Crippen LogP contribution < -0.4 is 5.32 Å². The van der Waals surface area contributed by atoms with Crippen molar-refractivity contribution < 1.29 is 4.79 Å². The Morgan fingerprint density at radius 1 is 1.16 bits per heavy atom. The third kappa shape index (κ3) is 3.58. The molecule has 4 heteroatoms. The first-order valence-corrected chi connectivity index (χ1v) is 9.08. The van der Waals surface area contributed by atoms with Gasteiger partial charge in [0.2, 0.25) is 5.91 Å². The number of fused-ring (bicyclic) bond motifs is 2. The number of nitrogens with one attached hydrogen (secondary N) is 2. The zero-order chi connectivity index (χ0) is 17.1. The molecule has 4 rings (SSSR count). The van der Waals surface area contributed by atoms with Crippen molar-refractivity contribution in [2.45, 2.75) is 38.0 Å². The molecule has 0 aliphatic heterocycles. The maximum Gasteiger partial charge on any atom is 0.220 e. The van der Waals surface area contributed by atoms with Crippen LogP contribution in [0.15, 0.2) is 48.5 Å². The van der Waals surface area contributed by atoms with Gasteiger partial charge in [0, 0.05) is 25.3 Å². The van der Waals surface area contributed by atoms with E-state index in [1.165, 1.54) is 17.5 Å². The van der Waals surface area contributed by atoms with Gasteiger partial charge in [0.15, 0.2) is 0 Å². The third-order valence-electron chi connectivity index (χ3n) is 5.07. The van der Waals surface area contributed by atoms with Crippen LogP contribution in [-0.4, -0.2) is 22.4 Å². The second kappa shape index (κ2) is 7.09. The SMILES string of the molecule is O=C(CCc1nc2ccccc2[nH]1)NCC1CCCc2ccccc21. The number of amides is 1. The molecule has 1 atom stereocenters. The van der Waals surface area contributed by atoms with Gasteiger partial charge in [0.05, 0.1) is 11.0 Å². The molecule has 1 unspecified atom stereocenters. The van der Waals surface area contributed by atoms with Crippen LogP contribution in [0.4, 0.5) is 0 Å². The van der Waals surface area contributed by atoms with Gasteiger partial charge in [-0.2, -0.15) is 0 Å². The first-order chi connectivity index (χ1) is 12.3. The van der Waals surface area contributed by atoms with Crippen molar-refractivity contribution in [1.29, 1.82) is 0 Å². The number of carbonyl (C=O) groups is 1. The van der Waals surface area contributed by atoms with E-state index in [0.29, 0.717) is 18.8 Å². The monoisotopic (exact) mass is 333 g/mol. The molecule has 2 N–H and O–H groups in total. The lowest BCUT2D eigenvalue weighted by molar-refractivity contribution is -0.121. The predicted octanol–water partition coefficient (Wildman–Crippen LogP) is 3.73. The molecule has 25 heavy (non-hydrogen) atoms. The molecule has 3 aromatic rings. The molecular formula is C21H23N3O. The van der Waals surface area contributed by atoms with E-state index in [-0.39, 0.29) is 5.91 Å². The van der Waals surface area contributed by atoms with Crippen LogP contribution >= 0.6 is 0 Å². The predicted molar refractivity (Wildman–Crippen MR) is 99.5 cm³/mol. The Hall–Kier alpha value is -2.62. The summed E-state index contributed by atoms with van der Waals surface area (Å²) in [6, 6.07) is 16.6. The fourth-order valence-electron chi connectivity index (χ4n) is 3.75. The van der Waals surface area contributed by atoms with Crippen LogP contribution in [-0.2, 0) is 17.6 Å². The molecule has 1 heterocycles. The lowest BCUT2D eigenvalue weighted by Crippen LogP contribution is -2.30. The van der Waals surface area contributed by atoms with E-state index in [0.717, 1.165) is 36.2 Å². The Balaban J connectivity index is 1.31. The molecule has 0 bridgehead atoms. The number of para-hydroxylation sites is 2. The first kappa shape index (κ1) is 15.9. The highest BCUT2D eigenvalue weighted by molar-refractivity contribution is 5.77. The number of hydrogen-bond donors (Lipinski definition) is 2. The highest BCUT2D eigenvalue weighted by Gasteiger charge is 2.20. The second-order valence-electron chi connectivity index (χ2n) is 6.79. The fourth-order valence-corrected chi connectivity index (χ4v) is 3.75. The van der Waals surface area contributed by atoms with Gasteiger partial charge in [0.1, 0.15) is 5.82 Å². The molecule has 128 valence electrons. The van der Waals surface area contributed by atoms with E-state index >= 15 is 0 Å². The van der Waals surface area contributed by atoms with Crippen molar-refractivity contribution in [3.8, 4) is 0 Å². The molecule has 0 spiro atoms. The van der Waals surface area contributed by atoms with E-state index in [9.17, 15) is 4.79 Å². The summed E-state index contributed by atoms with van der Waals surface area (Å²) in [5.41, 5.74) is 4.83. The number of aromatic nitrogens is 2. The van der Waals surface area contributed by atoms with Crippen molar-refractivity contribution in [2.75, 3.05) is 6.54 Å². The number of aromatic amines is 1. The molecule has 1 amide bonds. The standard InChI is InChI=1S/C21H23N3O/c25-21(13-12-20-23-18-10-3-4-11-19(18)24-20)22-14-16-8-5-7-15-6-1-2-9-17(15)16/h1-4,6,9-11,16H,5,7-8,12-14H2,(H,22,25)(H,23,24). The summed E-state index contributed by atoms with van der Waals surface area (Å²) < 4.78 is 0. The van der Waals surface area contributed by atoms with Crippen molar-refractivity contribution in [3.05, 3.63) is 65.5 Å². The Bertz CT molecular complexity index is 850. The highest BCUT2D eigenvalue weighted by Crippen LogP contribution is 2.30. The van der Waals surface area contributed by atoms with Gasteiger partial charge in [-0.3, -0.25) is 4.79 Å². The molecule has 2 aromatic carbocycles. The van der Waals surface area contributed by atoms with Gasteiger partial charge in [-0.15, -0.1) is 0 Å². The summed E-state index contributed by atoms with van der Waals surface area (Å²) in [5.74, 6) is 1.42. The summed E-state index contributed by atoms with van der Waals surface area (Å²) in [6.07, 6.45) is 4.63. The Morgan fingerprint density at radius 2 is 2.00 bits per heavy atom. The third-order valence-corrected chi connectivity index (χ3v) is 5.07. The molecule has 4 nitrogen and oxygen atoms in total. The average molecular weight is 333 g/mol. The minimum atomic E-state index is 0.100. The van der Waals surface area contributed by atoms with Gasteiger partial charge in [-0.05, 0) is 42.5 Å². The van der Waals surface area contributed by atoms with Crippen molar-refractivity contribution >= 4 is 16.9 Å². The Labute approximate surface area is 147 Å². The van der Waals surface area contributed by atoms with Gasteiger partial charge >= 0.3 is 0 Å². The lowest BCUT2D eigenvalue weighted by Gasteiger charge is -2.25. The van der Waals surface area contributed by atoms with Crippen LogP contribution in [0, 0.1) is 0 Å². The quantitative estimate of drug-likeness (QED) is 0.747. The summed E-state index contributed by atoms with van der Waals surface area (Å²) in [7, 11) is 0. The largest absolute Gasteiger partial charge is 0.355 e. The summed E-state index contributed by atoms with van der Waals surface area (Å²) in [5, 5.41) is 3.12. The first-order valence-electron chi connectivity index (χ1n) is 9.08. The maximum absolute atomic E-state index is 12.2. The zero-order valence-corrected chi connectivity index (χ0v) is 14.3. The zero-order valence-electron chi connectivity index (χ0n) is 14.3. The fraction of sp³-hybridized carbons (Fsp3) is 0.333. The van der Waals surface area contributed by atoms with E-state index in [2.05, 4.69) is 39.6 Å². The van der Waals surface area contributed by atoms with Crippen molar-refractivity contribution in [3.63, 3.8) is 0 Å². The van der Waals surface area contributed by atoms with Crippen LogP contribution in [0.3, 0.4) is 0 Å². The number of rotatable bonds is 5. The molecular weight excluding hydrogens is 310 g/mol. The van der Waals surface area contributed by atoms with Gasteiger partial charge in [0.25, 0.3) is 0 Å². The van der Waals surface area contributed by atoms with Crippen LogP contribution in [0.2, 0.25) is 0 Å². The van der Waals surface area contributed by atoms with Crippen LogP contribution in [0.5, 0.6) is 0 Å². The summed E-state index contributed by atoms with van der Waals surface area (Å²) in [6.45, 7) is 0.732. The molecule has 0 saturated carbocycles. The summed E-state index contributed by atoms with van der Waals surface area (Å²) >= 11 is 0. The lowest BCUT2D eigenvalue weighted by atomic mass is 9.83. The van der Waals surface area contributed by atoms with Gasteiger partial charge < -0.3 is 10.3 Å². The number of hydrogen-bond acceptors (Lipinski definition) is 2. The van der Waals surface area contributed by atoms with E-state index < -0.39 is 0 Å². The topological polar surface area (TPSA) is 57.8 Å². The number of H-pyrrole nitrogens is 1. The molecule has 1 aromatic heterocycles. The summed E-state index contributed by atoms with van der Waals surface area (Å²) in [4.78, 5) is 20.0. The van der Waals surface area contributed by atoms with E-state index in [4.69, 9.17) is 0 Å². The van der Waals surface area contributed by atoms with E-state index in [1.54, 1.807) is 0 Å². The van der Waals surface area contributed by atoms with Crippen LogP contribution in [0.1, 0.15) is 42.1 Å². The number of aryl methyl sites for hydroxylation is 2. The number of carbonyl (C=O) groups excluding carboxylic acids is 1.